The van der Waals surface area contributed by atoms with Gasteiger partial charge in [-0.3, -0.25) is 24.1 Å². The number of nitrogens with one attached hydrogen (secondary N) is 2. The highest BCUT2D eigenvalue weighted by atomic mass is 16.4. The van der Waals surface area contributed by atoms with Crippen molar-refractivity contribution in [3.05, 3.63) is 34.1 Å². The van der Waals surface area contributed by atoms with Crippen LogP contribution in [0.2, 0.25) is 0 Å². The topological polar surface area (TPSA) is 226 Å². The van der Waals surface area contributed by atoms with E-state index in [-0.39, 0.29) is 29.8 Å². The molecule has 234 valence electrons. The third kappa shape index (κ3) is 4.93. The van der Waals surface area contributed by atoms with Crippen LogP contribution in [0.15, 0.2) is 23.0 Å². The number of fused-ring (bicyclic) bond motifs is 3. The summed E-state index contributed by atoms with van der Waals surface area (Å²) in [5, 5.41) is 62.9. The summed E-state index contributed by atoms with van der Waals surface area (Å²) < 4.78 is 0. The van der Waals surface area contributed by atoms with Gasteiger partial charge in [0.2, 0.25) is 11.7 Å². The Bertz CT molecular complexity index is 1490. The molecule has 5 atom stereocenters. The lowest BCUT2D eigenvalue weighted by molar-refractivity contribution is -0.168. The van der Waals surface area contributed by atoms with E-state index >= 15 is 0 Å². The zero-order valence-electron chi connectivity index (χ0n) is 25.1. The summed E-state index contributed by atoms with van der Waals surface area (Å²) in [4.78, 5) is 55.2. The number of Topliss-reactive ketones (excluding diaryl/α,β-unsaturated/α-hetero) is 2. The van der Waals surface area contributed by atoms with Crippen molar-refractivity contribution >= 4 is 40.5 Å². The van der Waals surface area contributed by atoms with Crippen LogP contribution in [0.5, 0.6) is 5.75 Å². The van der Waals surface area contributed by atoms with Crippen LogP contribution in [0.25, 0.3) is 5.76 Å². The van der Waals surface area contributed by atoms with Gasteiger partial charge in [0, 0.05) is 36.8 Å². The Morgan fingerprint density at radius 1 is 1.12 bits per heavy atom. The molecule has 9 N–H and O–H groups in total. The van der Waals surface area contributed by atoms with E-state index in [0.29, 0.717) is 11.3 Å². The summed E-state index contributed by atoms with van der Waals surface area (Å²) in [6.45, 7) is 5.53. The maximum Gasteiger partial charge on any atom is 0.255 e. The van der Waals surface area contributed by atoms with E-state index in [1.54, 1.807) is 19.0 Å². The van der Waals surface area contributed by atoms with Crippen molar-refractivity contribution in [3.8, 4) is 5.75 Å². The molecule has 0 bridgehead atoms. The Morgan fingerprint density at radius 3 is 2.23 bits per heavy atom. The number of hydrogen-bond acceptors (Lipinski definition) is 12. The first-order chi connectivity index (χ1) is 19.7. The third-order valence-corrected chi connectivity index (χ3v) is 8.32. The van der Waals surface area contributed by atoms with Crippen molar-refractivity contribution in [2.45, 2.75) is 50.5 Å². The molecule has 1 fully saturated rings. The average molecular weight is 602 g/mol. The van der Waals surface area contributed by atoms with Crippen LogP contribution in [-0.4, -0.2) is 112 Å². The summed E-state index contributed by atoms with van der Waals surface area (Å²) in [5.74, 6) is -9.60. The van der Waals surface area contributed by atoms with Gasteiger partial charge in [0.25, 0.3) is 5.91 Å². The number of ketones is 2. The minimum atomic E-state index is -3.01. The number of phenolic OH excluding ortho intramolecular Hbond substituents is 1. The van der Waals surface area contributed by atoms with Crippen molar-refractivity contribution in [2.75, 3.05) is 45.0 Å². The van der Waals surface area contributed by atoms with Gasteiger partial charge in [-0.05, 0) is 52.9 Å². The smallest absolute Gasteiger partial charge is 0.255 e. The quantitative estimate of drug-likeness (QED) is 0.150. The van der Waals surface area contributed by atoms with E-state index in [0.717, 1.165) is 0 Å². The van der Waals surface area contributed by atoms with Gasteiger partial charge in [-0.15, -0.1) is 0 Å². The number of carbonyl (C=O) groups excluding carboxylic acids is 4. The summed E-state index contributed by atoms with van der Waals surface area (Å²) in [6.07, 6.45) is -1.82. The van der Waals surface area contributed by atoms with Gasteiger partial charge in [-0.1, -0.05) is 0 Å². The number of carbonyl (C=O) groups is 4. The van der Waals surface area contributed by atoms with Crippen LogP contribution >= 0.6 is 0 Å². The van der Waals surface area contributed by atoms with Crippen molar-refractivity contribution < 1.29 is 44.7 Å². The molecule has 0 spiro atoms. The predicted octanol–water partition coefficient (Wildman–Crippen LogP) is -0.673. The monoisotopic (exact) mass is 601 g/mol. The molecular formula is C29H39N5O9. The number of rotatable bonds is 6. The fourth-order valence-electron chi connectivity index (χ4n) is 6.34. The maximum absolute atomic E-state index is 14.1. The lowest BCUT2D eigenvalue weighted by Crippen LogP contribution is -2.70. The maximum atomic E-state index is 14.1. The fraction of sp³-hybridized carbons (Fsp3) is 0.517. The number of benzene rings is 1. The number of amides is 2. The van der Waals surface area contributed by atoms with Gasteiger partial charge < -0.3 is 46.8 Å². The van der Waals surface area contributed by atoms with Gasteiger partial charge in [-0.2, -0.15) is 0 Å². The molecule has 1 aromatic carbocycles. The van der Waals surface area contributed by atoms with Gasteiger partial charge >= 0.3 is 0 Å². The van der Waals surface area contributed by atoms with Gasteiger partial charge in [0.1, 0.15) is 22.8 Å². The molecule has 1 unspecified atom stereocenters. The summed E-state index contributed by atoms with van der Waals surface area (Å²) >= 11 is 0. The average Bonchev–Trinajstić information content (AvgIpc) is 2.88. The van der Waals surface area contributed by atoms with E-state index < -0.39 is 81.4 Å². The van der Waals surface area contributed by atoms with Crippen LogP contribution < -0.4 is 21.3 Å². The second kappa shape index (κ2) is 10.6. The molecule has 4 rings (SSSR count). The van der Waals surface area contributed by atoms with E-state index in [4.69, 9.17) is 5.73 Å². The van der Waals surface area contributed by atoms with Crippen LogP contribution in [0.3, 0.4) is 0 Å². The Morgan fingerprint density at radius 2 is 1.72 bits per heavy atom. The van der Waals surface area contributed by atoms with Crippen LogP contribution in [0.1, 0.15) is 31.9 Å². The Kier molecular flexibility index (Phi) is 7.90. The molecule has 0 aliphatic heterocycles. The number of aliphatic hydroxyl groups is 4. The second-order valence-electron chi connectivity index (χ2n) is 12.7. The minimum Gasteiger partial charge on any atom is -0.508 e. The van der Waals surface area contributed by atoms with E-state index in [2.05, 4.69) is 10.6 Å². The first-order valence-electron chi connectivity index (χ1n) is 13.7. The van der Waals surface area contributed by atoms with E-state index in [9.17, 15) is 44.7 Å². The molecule has 0 radical (unpaired) electrons. The Balaban J connectivity index is 1.94. The van der Waals surface area contributed by atoms with Gasteiger partial charge in [0.05, 0.1) is 35.9 Å². The first-order valence-corrected chi connectivity index (χ1v) is 13.7. The highest BCUT2D eigenvalue weighted by Crippen LogP contribution is 2.54. The SMILES string of the molecule is CN(C)c1cc(NC(=O)CNC(C)(C)C)c(O)c2c1C[C@@H]1C(=C2O)C(=O)[C@]2(O)C(O)=C(C(N)=O)C(=O)[C@@H](N(C)C)[C@@H]2C1O. The number of phenols is 1. The number of aliphatic hydroxyl groups excluding tert-OH is 3. The lowest BCUT2D eigenvalue weighted by atomic mass is 9.56. The lowest BCUT2D eigenvalue weighted by Gasteiger charge is -2.52. The molecule has 3 aliphatic carbocycles. The summed E-state index contributed by atoms with van der Waals surface area (Å²) in [7, 11) is 6.25. The van der Waals surface area contributed by atoms with Crippen molar-refractivity contribution in [1.29, 1.82) is 0 Å². The number of anilines is 2. The van der Waals surface area contributed by atoms with Crippen molar-refractivity contribution in [1.82, 2.24) is 10.2 Å². The van der Waals surface area contributed by atoms with Crippen LogP contribution in [-0.2, 0) is 25.6 Å². The molecular weight excluding hydrogens is 562 g/mol. The largest absolute Gasteiger partial charge is 0.508 e. The third-order valence-electron chi connectivity index (χ3n) is 8.32. The molecule has 0 aromatic heterocycles. The molecule has 1 aromatic rings. The fourth-order valence-corrected chi connectivity index (χ4v) is 6.34. The molecule has 0 saturated heterocycles. The Hall–Kier alpha value is -3.98. The number of likely N-dealkylation sites (N-methyl/N-ethyl adjacent to an activating group) is 1. The standard InChI is InChI=1S/C29H39N5O9/c1-28(2,3)31-10-15(35)32-13-9-14(33(4)5)11-8-12-17(23(38)16(11)22(13)37)25(40)29(43)19(21(12)36)20(34(6)7)24(39)18(26(29)41)27(30)42/h9,12,19-21,31,36-38,41,43H,8,10H2,1-7H3,(H2,30,42)(H,32,35)/t12-,19-,20+,21?,29+/m1/s1. The number of nitrogens with two attached hydrogens (primary N) is 1. The zero-order valence-corrected chi connectivity index (χ0v) is 25.1. The summed E-state index contributed by atoms with van der Waals surface area (Å²) in [5.41, 5.74) is 0.961. The normalized spacial score (nSPS) is 27.1. The highest BCUT2D eigenvalue weighted by molar-refractivity contribution is 6.24. The van der Waals surface area contributed by atoms with Crippen molar-refractivity contribution in [2.24, 2.45) is 17.6 Å². The zero-order chi connectivity index (χ0) is 32.5. The van der Waals surface area contributed by atoms with E-state index in [1.165, 1.54) is 25.1 Å². The highest BCUT2D eigenvalue weighted by Gasteiger charge is 2.67. The second-order valence-corrected chi connectivity index (χ2v) is 12.7. The molecule has 3 aliphatic rings. The molecule has 0 heterocycles. The molecule has 14 nitrogen and oxygen atoms in total. The van der Waals surface area contributed by atoms with Crippen LogP contribution in [0.4, 0.5) is 11.4 Å². The minimum absolute atomic E-state index is 0.0659. The number of nitrogens with zero attached hydrogens (tertiary/aromatic N) is 2. The Labute approximate surface area is 248 Å². The number of hydrogen-bond donors (Lipinski definition) is 8. The summed E-state index contributed by atoms with van der Waals surface area (Å²) in [6, 6.07) is 0.0587. The molecule has 1 saturated carbocycles. The van der Waals surface area contributed by atoms with E-state index in [1.807, 2.05) is 20.8 Å². The molecule has 2 amide bonds. The van der Waals surface area contributed by atoms with Crippen molar-refractivity contribution in [3.63, 3.8) is 0 Å². The first kappa shape index (κ1) is 31.9. The number of aromatic hydroxyl groups is 1. The molecule has 14 heteroatoms. The van der Waals surface area contributed by atoms with Gasteiger partial charge in [0.15, 0.2) is 11.4 Å². The molecule has 43 heavy (non-hydrogen) atoms. The predicted molar refractivity (Wildman–Crippen MR) is 156 cm³/mol. The van der Waals surface area contributed by atoms with Gasteiger partial charge in [-0.25, -0.2) is 0 Å². The number of primary amides is 1. The van der Waals surface area contributed by atoms with Crippen LogP contribution in [0, 0.1) is 11.8 Å².